The molecule has 1 aliphatic rings. The number of hydrogen-bond donors (Lipinski definition) is 2. The van der Waals surface area contributed by atoms with Gasteiger partial charge in [0.15, 0.2) is 0 Å². The maximum atomic E-state index is 11.9. The summed E-state index contributed by atoms with van der Waals surface area (Å²) < 4.78 is 0. The normalized spacial score (nSPS) is 16.0. The fraction of sp³-hybridized carbons (Fsp3) is 0.533. The molecule has 1 aliphatic carbocycles. The number of hydrogen-bond acceptors (Lipinski definition) is 4. The summed E-state index contributed by atoms with van der Waals surface area (Å²) in [6.45, 7) is 1.11. The van der Waals surface area contributed by atoms with Gasteiger partial charge in [-0.2, -0.15) is 0 Å². The van der Waals surface area contributed by atoms with Crippen molar-refractivity contribution in [3.8, 4) is 0 Å². The molecule has 6 heteroatoms. The van der Waals surface area contributed by atoms with Crippen LogP contribution in [0.1, 0.15) is 31.2 Å². The van der Waals surface area contributed by atoms with E-state index >= 15 is 0 Å². The minimum atomic E-state index is -0.420. The third-order valence-corrected chi connectivity index (χ3v) is 4.27. The highest BCUT2D eigenvalue weighted by Crippen LogP contribution is 2.42. The van der Waals surface area contributed by atoms with Crippen molar-refractivity contribution in [1.29, 1.82) is 0 Å². The van der Waals surface area contributed by atoms with E-state index in [1.54, 1.807) is 12.1 Å². The Hall–Kier alpha value is -1.95. The molecule has 114 valence electrons. The van der Waals surface area contributed by atoms with Crippen LogP contribution < -0.4 is 11.1 Å². The Morgan fingerprint density at radius 2 is 2.00 bits per heavy atom. The van der Waals surface area contributed by atoms with Gasteiger partial charge in [0, 0.05) is 25.1 Å². The molecule has 6 nitrogen and oxygen atoms in total. The maximum absolute atomic E-state index is 11.9. The summed E-state index contributed by atoms with van der Waals surface area (Å²) in [6.07, 6.45) is 4.41. The summed E-state index contributed by atoms with van der Waals surface area (Å²) in [7, 11) is 0. The highest BCUT2D eigenvalue weighted by molar-refractivity contribution is 5.76. The zero-order chi connectivity index (χ0) is 15.3. The van der Waals surface area contributed by atoms with E-state index in [9.17, 15) is 14.9 Å². The molecule has 0 saturated heterocycles. The number of nitrogens with zero attached hydrogens (tertiary/aromatic N) is 1. The van der Waals surface area contributed by atoms with Gasteiger partial charge < -0.3 is 11.1 Å². The van der Waals surface area contributed by atoms with Gasteiger partial charge in [-0.15, -0.1) is 0 Å². The number of benzene rings is 1. The lowest BCUT2D eigenvalue weighted by atomic mass is 9.66. The summed E-state index contributed by atoms with van der Waals surface area (Å²) in [5.41, 5.74) is 6.82. The zero-order valence-corrected chi connectivity index (χ0v) is 12.0. The number of amides is 1. The van der Waals surface area contributed by atoms with Crippen LogP contribution in [-0.4, -0.2) is 23.9 Å². The quantitative estimate of drug-likeness (QED) is 0.591. The number of nitro groups is 1. The fourth-order valence-corrected chi connectivity index (χ4v) is 2.66. The number of carbonyl (C=O) groups excluding carboxylic acids is 1. The topological polar surface area (TPSA) is 98.3 Å². The van der Waals surface area contributed by atoms with E-state index in [-0.39, 0.29) is 17.0 Å². The number of rotatable bonds is 7. The lowest BCUT2D eigenvalue weighted by molar-refractivity contribution is -0.384. The summed E-state index contributed by atoms with van der Waals surface area (Å²) >= 11 is 0. The molecule has 0 unspecified atom stereocenters. The first-order valence-corrected chi connectivity index (χ1v) is 7.25. The second-order valence-corrected chi connectivity index (χ2v) is 5.76. The number of non-ortho nitro benzene ring substituents is 1. The number of nitrogens with one attached hydrogen (secondary N) is 1. The minimum Gasteiger partial charge on any atom is -0.356 e. The summed E-state index contributed by atoms with van der Waals surface area (Å²) in [4.78, 5) is 22.0. The second kappa shape index (κ2) is 6.67. The third kappa shape index (κ3) is 4.01. The van der Waals surface area contributed by atoms with Crippen LogP contribution >= 0.6 is 0 Å². The van der Waals surface area contributed by atoms with Gasteiger partial charge >= 0.3 is 0 Å². The highest BCUT2D eigenvalue weighted by atomic mass is 16.6. The Labute approximate surface area is 123 Å². The predicted octanol–water partition coefficient (Wildman–Crippen LogP) is 1.77. The molecule has 1 saturated carbocycles. The minimum absolute atomic E-state index is 0.0252. The van der Waals surface area contributed by atoms with Crippen molar-refractivity contribution in [2.75, 3.05) is 13.1 Å². The summed E-state index contributed by atoms with van der Waals surface area (Å²) in [6, 6.07) is 6.40. The Bertz CT molecular complexity index is 504. The first-order valence-electron chi connectivity index (χ1n) is 7.25. The average Bonchev–Trinajstić information content (AvgIpc) is 2.43. The molecule has 0 heterocycles. The molecule has 2 rings (SSSR count). The van der Waals surface area contributed by atoms with E-state index in [2.05, 4.69) is 5.32 Å². The van der Waals surface area contributed by atoms with Gasteiger partial charge in [-0.1, -0.05) is 18.6 Å². The molecule has 21 heavy (non-hydrogen) atoms. The van der Waals surface area contributed by atoms with Gasteiger partial charge in [-0.05, 0) is 36.8 Å². The van der Waals surface area contributed by atoms with Crippen LogP contribution in [0, 0.1) is 15.5 Å². The zero-order valence-electron chi connectivity index (χ0n) is 12.0. The van der Waals surface area contributed by atoms with E-state index in [4.69, 9.17) is 5.73 Å². The fourth-order valence-electron chi connectivity index (χ4n) is 2.66. The van der Waals surface area contributed by atoms with Crippen molar-refractivity contribution < 1.29 is 9.72 Å². The van der Waals surface area contributed by atoms with Gasteiger partial charge in [-0.25, -0.2) is 0 Å². The maximum Gasteiger partial charge on any atom is 0.269 e. The van der Waals surface area contributed by atoms with Crippen LogP contribution in [0.25, 0.3) is 0 Å². The van der Waals surface area contributed by atoms with Gasteiger partial charge in [-0.3, -0.25) is 14.9 Å². The first kappa shape index (κ1) is 15.4. The van der Waals surface area contributed by atoms with E-state index in [0.717, 1.165) is 24.8 Å². The number of nitro benzene ring substituents is 1. The molecule has 1 fully saturated rings. The average molecular weight is 291 g/mol. The number of nitrogens with two attached hydrogens (primary N) is 1. The summed E-state index contributed by atoms with van der Waals surface area (Å²) in [5.74, 6) is 0.0436. The monoisotopic (exact) mass is 291 g/mol. The molecule has 1 aromatic carbocycles. The van der Waals surface area contributed by atoms with Crippen LogP contribution in [0.3, 0.4) is 0 Å². The Morgan fingerprint density at radius 1 is 1.33 bits per heavy atom. The SMILES string of the molecule is NCC1(CC(=O)NCCc2ccc([N+](=O)[O-])cc2)CCC1. The molecule has 0 aromatic heterocycles. The Balaban J connectivity index is 1.73. The van der Waals surface area contributed by atoms with E-state index in [0.29, 0.717) is 25.9 Å². The molecule has 1 aromatic rings. The van der Waals surface area contributed by atoms with Crippen LogP contribution in [0.4, 0.5) is 5.69 Å². The van der Waals surface area contributed by atoms with Gasteiger partial charge in [0.1, 0.15) is 0 Å². The molecule has 0 aliphatic heterocycles. The molecule has 1 amide bonds. The Morgan fingerprint density at radius 3 is 2.48 bits per heavy atom. The molecule has 3 N–H and O–H groups in total. The Kier molecular flexibility index (Phi) is 4.90. The standard InChI is InChI=1S/C15H21N3O3/c16-11-15(7-1-8-15)10-14(19)17-9-6-12-2-4-13(5-3-12)18(20)21/h2-5H,1,6-11,16H2,(H,17,19). The van der Waals surface area contributed by atoms with Crippen molar-refractivity contribution in [3.05, 3.63) is 39.9 Å². The van der Waals surface area contributed by atoms with Crippen molar-refractivity contribution in [3.63, 3.8) is 0 Å². The highest BCUT2D eigenvalue weighted by Gasteiger charge is 2.37. The van der Waals surface area contributed by atoms with Gasteiger partial charge in [0.05, 0.1) is 4.92 Å². The number of carbonyl (C=O) groups is 1. The van der Waals surface area contributed by atoms with Gasteiger partial charge in [0.2, 0.25) is 5.91 Å². The lowest BCUT2D eigenvalue weighted by Gasteiger charge is -2.40. The second-order valence-electron chi connectivity index (χ2n) is 5.76. The van der Waals surface area contributed by atoms with Crippen LogP contribution in [-0.2, 0) is 11.2 Å². The first-order chi connectivity index (χ1) is 10.0. The van der Waals surface area contributed by atoms with E-state index in [1.165, 1.54) is 12.1 Å². The van der Waals surface area contributed by atoms with Crippen molar-refractivity contribution in [1.82, 2.24) is 5.32 Å². The smallest absolute Gasteiger partial charge is 0.269 e. The van der Waals surface area contributed by atoms with Gasteiger partial charge in [0.25, 0.3) is 5.69 Å². The molecule has 0 spiro atoms. The molecule has 0 atom stereocenters. The van der Waals surface area contributed by atoms with Crippen LogP contribution in [0.15, 0.2) is 24.3 Å². The van der Waals surface area contributed by atoms with Crippen molar-refractivity contribution in [2.24, 2.45) is 11.1 Å². The lowest BCUT2D eigenvalue weighted by Crippen LogP contribution is -2.42. The van der Waals surface area contributed by atoms with E-state index < -0.39 is 4.92 Å². The molecular formula is C15H21N3O3. The van der Waals surface area contributed by atoms with E-state index in [1.807, 2.05) is 0 Å². The van der Waals surface area contributed by atoms with Crippen LogP contribution in [0.5, 0.6) is 0 Å². The summed E-state index contributed by atoms with van der Waals surface area (Å²) in [5, 5.41) is 13.4. The molecular weight excluding hydrogens is 270 g/mol. The van der Waals surface area contributed by atoms with Crippen molar-refractivity contribution in [2.45, 2.75) is 32.1 Å². The van der Waals surface area contributed by atoms with Crippen LogP contribution in [0.2, 0.25) is 0 Å². The molecule has 0 bridgehead atoms. The molecule has 0 radical (unpaired) electrons. The van der Waals surface area contributed by atoms with Crippen molar-refractivity contribution >= 4 is 11.6 Å². The largest absolute Gasteiger partial charge is 0.356 e. The predicted molar refractivity (Wildman–Crippen MR) is 79.8 cm³/mol. The third-order valence-electron chi connectivity index (χ3n) is 4.27.